The molecule has 1 aromatic carbocycles. The van der Waals surface area contributed by atoms with Gasteiger partial charge in [0, 0.05) is 11.6 Å². The van der Waals surface area contributed by atoms with Gasteiger partial charge in [-0.1, -0.05) is 46.9 Å². The highest BCUT2D eigenvalue weighted by atomic mass is 16.1. The molecule has 1 amide bonds. The van der Waals surface area contributed by atoms with Crippen molar-refractivity contribution in [2.24, 2.45) is 5.92 Å². The van der Waals surface area contributed by atoms with E-state index in [4.69, 9.17) is 0 Å². The second kappa shape index (κ2) is 10.2. The zero-order valence-corrected chi connectivity index (χ0v) is 9.08. The van der Waals surface area contributed by atoms with Crippen LogP contribution in [0.5, 0.6) is 0 Å². The van der Waals surface area contributed by atoms with Gasteiger partial charge < -0.3 is 12.7 Å². The first kappa shape index (κ1) is 20.1. The van der Waals surface area contributed by atoms with E-state index in [9.17, 15) is 4.79 Å². The van der Waals surface area contributed by atoms with E-state index in [0.29, 0.717) is 0 Å². The quantitative estimate of drug-likeness (QED) is 0.758. The third kappa shape index (κ3) is 6.23. The maximum absolute atomic E-state index is 11.4. The lowest BCUT2D eigenvalue weighted by Crippen LogP contribution is -2.19. The Balaban J connectivity index is -0.000000563. The fourth-order valence-electron chi connectivity index (χ4n) is 0.972. The van der Waals surface area contributed by atoms with Gasteiger partial charge in [0.05, 0.1) is 0 Å². The number of benzene rings is 1. The van der Waals surface area contributed by atoms with Crippen molar-refractivity contribution >= 4 is 11.6 Å². The van der Waals surface area contributed by atoms with E-state index >= 15 is 0 Å². The highest BCUT2D eigenvalue weighted by molar-refractivity contribution is 5.92. The van der Waals surface area contributed by atoms with Crippen LogP contribution < -0.4 is 5.32 Å². The zero-order chi connectivity index (χ0) is 9.68. The van der Waals surface area contributed by atoms with Crippen molar-refractivity contribution in [3.8, 4) is 0 Å². The molecule has 1 rings (SSSR count). The summed E-state index contributed by atoms with van der Waals surface area (Å²) in [4.78, 5) is 11.4. The molecule has 1 N–H and O–H groups in total. The SMILES string of the molecule is C.C.CCC(C)C(=O)Nc1ccccc1.[CH3-]. The van der Waals surface area contributed by atoms with Crippen molar-refractivity contribution in [3.63, 3.8) is 0 Å². The number of hydrogen-bond donors (Lipinski definition) is 1. The van der Waals surface area contributed by atoms with Gasteiger partial charge >= 0.3 is 0 Å². The Labute approximate surface area is 101 Å². The highest BCUT2D eigenvalue weighted by Crippen LogP contribution is 2.08. The highest BCUT2D eigenvalue weighted by Gasteiger charge is 2.09. The van der Waals surface area contributed by atoms with E-state index in [0.717, 1.165) is 12.1 Å². The third-order valence-corrected chi connectivity index (χ3v) is 2.10. The molecule has 2 heteroatoms. The molecule has 0 heterocycles. The van der Waals surface area contributed by atoms with E-state index in [1.807, 2.05) is 44.2 Å². The van der Waals surface area contributed by atoms with Crippen LogP contribution in [0.4, 0.5) is 5.69 Å². The Morgan fingerprint density at radius 1 is 1.25 bits per heavy atom. The van der Waals surface area contributed by atoms with Crippen LogP contribution in [-0.2, 0) is 4.79 Å². The van der Waals surface area contributed by atoms with Crippen LogP contribution in [0.1, 0.15) is 35.1 Å². The fourth-order valence-corrected chi connectivity index (χ4v) is 0.972. The van der Waals surface area contributed by atoms with Crippen LogP contribution in [-0.4, -0.2) is 5.91 Å². The molecular formula is C14H26NO-. The van der Waals surface area contributed by atoms with Crippen LogP contribution in [0.2, 0.25) is 0 Å². The molecule has 0 aromatic heterocycles. The Morgan fingerprint density at radius 3 is 2.19 bits per heavy atom. The normalized spacial score (nSPS) is 9.88. The summed E-state index contributed by atoms with van der Waals surface area (Å²) in [6.45, 7) is 3.94. The van der Waals surface area contributed by atoms with Gasteiger partial charge in [-0.05, 0) is 18.6 Å². The molecule has 16 heavy (non-hydrogen) atoms. The van der Waals surface area contributed by atoms with Crippen LogP contribution in [0.3, 0.4) is 0 Å². The molecule has 2 nitrogen and oxygen atoms in total. The average molecular weight is 224 g/mol. The van der Waals surface area contributed by atoms with Gasteiger partial charge in [0.1, 0.15) is 0 Å². The minimum Gasteiger partial charge on any atom is -0.358 e. The van der Waals surface area contributed by atoms with Crippen molar-refractivity contribution in [2.75, 3.05) is 5.32 Å². The predicted octanol–water partition coefficient (Wildman–Crippen LogP) is 4.39. The molecule has 0 bridgehead atoms. The van der Waals surface area contributed by atoms with Crippen LogP contribution in [0, 0.1) is 13.3 Å². The van der Waals surface area contributed by atoms with Crippen molar-refractivity contribution in [2.45, 2.75) is 35.1 Å². The average Bonchev–Trinajstić information content (AvgIpc) is 2.18. The van der Waals surface area contributed by atoms with Gasteiger partial charge in [-0.2, -0.15) is 0 Å². The van der Waals surface area contributed by atoms with Crippen LogP contribution in [0.15, 0.2) is 30.3 Å². The first-order chi connectivity index (χ1) is 6.24. The van der Waals surface area contributed by atoms with Gasteiger partial charge in [-0.3, -0.25) is 4.79 Å². The minimum atomic E-state index is 0. The minimum absolute atomic E-state index is 0. The number of rotatable bonds is 3. The van der Waals surface area contributed by atoms with Gasteiger partial charge in [0.15, 0.2) is 0 Å². The Morgan fingerprint density at radius 2 is 1.75 bits per heavy atom. The van der Waals surface area contributed by atoms with E-state index in [2.05, 4.69) is 5.32 Å². The molecule has 1 unspecified atom stereocenters. The summed E-state index contributed by atoms with van der Waals surface area (Å²) in [5, 5.41) is 2.85. The lowest BCUT2D eigenvalue weighted by atomic mass is 10.1. The Bertz CT molecular complexity index is 269. The summed E-state index contributed by atoms with van der Waals surface area (Å²) in [5.41, 5.74) is 0.868. The molecule has 0 saturated carbocycles. The van der Waals surface area contributed by atoms with E-state index in [1.165, 1.54) is 0 Å². The number of carbonyl (C=O) groups is 1. The first-order valence-corrected chi connectivity index (χ1v) is 4.60. The second-order valence-corrected chi connectivity index (χ2v) is 3.16. The summed E-state index contributed by atoms with van der Waals surface area (Å²) in [7, 11) is 0. The molecule has 1 aromatic rings. The van der Waals surface area contributed by atoms with Gasteiger partial charge in [-0.25, -0.2) is 0 Å². The summed E-state index contributed by atoms with van der Waals surface area (Å²) in [6, 6.07) is 9.53. The molecule has 0 radical (unpaired) electrons. The summed E-state index contributed by atoms with van der Waals surface area (Å²) >= 11 is 0. The summed E-state index contributed by atoms with van der Waals surface area (Å²) < 4.78 is 0. The molecule has 1 atom stereocenters. The summed E-state index contributed by atoms with van der Waals surface area (Å²) in [5.74, 6) is 0.175. The molecule has 94 valence electrons. The number of nitrogens with one attached hydrogen (secondary N) is 1. The molecular weight excluding hydrogens is 198 g/mol. The number of carbonyl (C=O) groups excluding carboxylic acids is 1. The lowest BCUT2D eigenvalue weighted by molar-refractivity contribution is -0.119. The Hall–Kier alpha value is -1.31. The molecule has 0 aliphatic rings. The van der Waals surface area contributed by atoms with E-state index < -0.39 is 0 Å². The van der Waals surface area contributed by atoms with Crippen molar-refractivity contribution < 1.29 is 4.79 Å². The maximum Gasteiger partial charge on any atom is 0.227 e. The second-order valence-electron chi connectivity index (χ2n) is 3.16. The molecule has 0 spiro atoms. The number of amides is 1. The topological polar surface area (TPSA) is 29.1 Å². The number of anilines is 1. The molecule has 0 fully saturated rings. The lowest BCUT2D eigenvalue weighted by Gasteiger charge is -2.09. The van der Waals surface area contributed by atoms with E-state index in [1.54, 1.807) is 0 Å². The zero-order valence-electron chi connectivity index (χ0n) is 9.08. The summed E-state index contributed by atoms with van der Waals surface area (Å²) in [6.07, 6.45) is 0.874. The largest absolute Gasteiger partial charge is 0.358 e. The Kier molecular flexibility index (Phi) is 12.9. The molecule has 0 aliphatic carbocycles. The third-order valence-electron chi connectivity index (χ3n) is 2.10. The first-order valence-electron chi connectivity index (χ1n) is 4.60. The van der Waals surface area contributed by atoms with Crippen molar-refractivity contribution in [1.29, 1.82) is 0 Å². The van der Waals surface area contributed by atoms with Crippen molar-refractivity contribution in [3.05, 3.63) is 37.8 Å². The van der Waals surface area contributed by atoms with E-state index in [-0.39, 0.29) is 34.1 Å². The number of para-hydroxylation sites is 1. The molecule has 0 aliphatic heterocycles. The van der Waals surface area contributed by atoms with Crippen LogP contribution in [0.25, 0.3) is 0 Å². The van der Waals surface area contributed by atoms with Gasteiger partial charge in [-0.15, -0.1) is 0 Å². The molecule has 0 saturated heterocycles. The monoisotopic (exact) mass is 224 g/mol. The standard InChI is InChI=1S/C11H15NO.2CH4.CH3/c1-3-9(2)11(13)12-10-7-5-4-6-8-10;;;/h4-9H,3H2,1-2H3,(H,12,13);2*1H4;1H3/q;;;-1. The number of hydrogen-bond acceptors (Lipinski definition) is 1. The maximum atomic E-state index is 11.4. The fraction of sp³-hybridized carbons (Fsp3) is 0.429. The van der Waals surface area contributed by atoms with Crippen molar-refractivity contribution in [1.82, 2.24) is 0 Å². The van der Waals surface area contributed by atoms with Crippen LogP contribution >= 0.6 is 0 Å². The smallest absolute Gasteiger partial charge is 0.227 e. The van der Waals surface area contributed by atoms with Gasteiger partial charge in [0.25, 0.3) is 0 Å². The van der Waals surface area contributed by atoms with Gasteiger partial charge in [0.2, 0.25) is 5.91 Å². The predicted molar refractivity (Wildman–Crippen MR) is 74.4 cm³/mol.